The lowest BCUT2D eigenvalue weighted by atomic mass is 10.2. The lowest BCUT2D eigenvalue weighted by molar-refractivity contribution is 0.296. The molecule has 0 bridgehead atoms. The molecular weight excluding hydrogens is 361 g/mol. The number of nitrogens with two attached hydrogens (primary N) is 1. The third kappa shape index (κ3) is 4.71. The van der Waals surface area contributed by atoms with Gasteiger partial charge in [0, 0.05) is 11.8 Å². The van der Waals surface area contributed by atoms with Crippen molar-refractivity contribution in [2.75, 3.05) is 11.1 Å². The van der Waals surface area contributed by atoms with Gasteiger partial charge in [0.25, 0.3) is 0 Å². The number of nitrogen functional groups attached to an aromatic ring is 1. The van der Waals surface area contributed by atoms with Crippen molar-refractivity contribution in [2.24, 2.45) is 0 Å². The highest BCUT2D eigenvalue weighted by Gasteiger charge is 2.07. The zero-order valence-electron chi connectivity index (χ0n) is 13.3. The number of hydrogen-bond acceptors (Lipinski definition) is 6. The van der Waals surface area contributed by atoms with E-state index in [9.17, 15) is 0 Å². The molecule has 1 heterocycles. The lowest BCUT2D eigenvalue weighted by Gasteiger charge is -2.09. The Labute approximate surface area is 155 Å². The molecule has 0 spiro atoms. The number of nitrogens with zero attached hydrogens (tertiary/aromatic N) is 3. The van der Waals surface area contributed by atoms with Gasteiger partial charge in [0.15, 0.2) is 5.82 Å². The second kappa shape index (κ2) is 7.55. The number of benzene rings is 2. The van der Waals surface area contributed by atoms with E-state index in [1.54, 1.807) is 18.2 Å². The monoisotopic (exact) mass is 375 g/mol. The number of nitrogens with one attached hydrogen (secondary N) is 1. The summed E-state index contributed by atoms with van der Waals surface area (Å²) in [7, 11) is 0. The van der Waals surface area contributed by atoms with Gasteiger partial charge in [-0.25, -0.2) is 0 Å². The van der Waals surface area contributed by atoms with Gasteiger partial charge >= 0.3 is 0 Å². The summed E-state index contributed by atoms with van der Waals surface area (Å²) < 4.78 is 5.62. The van der Waals surface area contributed by atoms with Gasteiger partial charge in [-0.3, -0.25) is 0 Å². The largest absolute Gasteiger partial charge is 0.486 e. The molecule has 0 aliphatic heterocycles. The van der Waals surface area contributed by atoms with Crippen molar-refractivity contribution in [1.29, 1.82) is 0 Å². The topological polar surface area (TPSA) is 86.0 Å². The fraction of sp³-hybridized carbons (Fsp3) is 0.118. The number of aryl methyl sites for hydroxylation is 1. The molecule has 3 rings (SSSR count). The molecule has 0 radical (unpaired) electrons. The summed E-state index contributed by atoms with van der Waals surface area (Å²) in [6, 6.07) is 12.8. The predicted octanol–water partition coefficient (Wildman–Crippen LogP) is 4.39. The minimum Gasteiger partial charge on any atom is -0.486 e. The third-order valence-corrected chi connectivity index (χ3v) is 4.00. The molecule has 0 amide bonds. The van der Waals surface area contributed by atoms with Crippen LogP contribution in [0.4, 0.5) is 17.6 Å². The predicted molar refractivity (Wildman–Crippen MR) is 99.5 cm³/mol. The van der Waals surface area contributed by atoms with Gasteiger partial charge in [0.05, 0.1) is 10.0 Å². The van der Waals surface area contributed by atoms with E-state index in [2.05, 4.69) is 20.3 Å². The number of hydrogen-bond donors (Lipinski definition) is 2. The van der Waals surface area contributed by atoms with Crippen LogP contribution in [-0.2, 0) is 6.61 Å². The Balaban J connectivity index is 1.72. The van der Waals surface area contributed by atoms with Crippen molar-refractivity contribution in [3.8, 4) is 5.75 Å². The number of rotatable bonds is 5. The first-order valence-corrected chi connectivity index (χ1v) is 8.17. The quantitative estimate of drug-likeness (QED) is 0.687. The summed E-state index contributed by atoms with van der Waals surface area (Å²) in [6.07, 6.45) is 0. The second-order valence-corrected chi connectivity index (χ2v) is 6.10. The smallest absolute Gasteiger partial charge is 0.232 e. The standard InChI is InChI=1S/C17H15Cl2N5O/c1-10-2-4-11(5-3-10)21-17-23-15(22-16(20)24-17)9-25-12-6-7-13(18)14(19)8-12/h2-8H,9H2,1H3,(H3,20,21,22,23,24). The molecule has 3 N–H and O–H groups in total. The molecule has 1 aromatic heterocycles. The average molecular weight is 376 g/mol. The molecule has 0 aliphatic carbocycles. The molecule has 128 valence electrons. The van der Waals surface area contributed by atoms with Gasteiger partial charge < -0.3 is 15.8 Å². The fourth-order valence-electron chi connectivity index (χ4n) is 2.04. The molecular formula is C17H15Cl2N5O. The average Bonchev–Trinajstić information content (AvgIpc) is 2.58. The molecule has 6 nitrogen and oxygen atoms in total. The van der Waals surface area contributed by atoms with E-state index in [4.69, 9.17) is 33.7 Å². The van der Waals surface area contributed by atoms with Crippen LogP contribution in [0.5, 0.6) is 5.75 Å². The van der Waals surface area contributed by atoms with Crippen LogP contribution in [0.25, 0.3) is 0 Å². The Bertz CT molecular complexity index is 887. The van der Waals surface area contributed by atoms with Crippen molar-refractivity contribution < 1.29 is 4.74 Å². The van der Waals surface area contributed by atoms with Crippen LogP contribution in [0.3, 0.4) is 0 Å². The van der Waals surface area contributed by atoms with E-state index in [0.29, 0.717) is 27.6 Å². The van der Waals surface area contributed by atoms with Gasteiger partial charge in [0.2, 0.25) is 11.9 Å². The molecule has 8 heteroatoms. The SMILES string of the molecule is Cc1ccc(Nc2nc(N)nc(COc3ccc(Cl)c(Cl)c3)n2)cc1. The van der Waals surface area contributed by atoms with E-state index in [1.165, 1.54) is 0 Å². The minimum absolute atomic E-state index is 0.109. The van der Waals surface area contributed by atoms with Crippen LogP contribution >= 0.6 is 23.2 Å². The zero-order valence-corrected chi connectivity index (χ0v) is 14.8. The van der Waals surface area contributed by atoms with E-state index in [0.717, 1.165) is 11.3 Å². The molecule has 3 aromatic rings. The fourth-order valence-corrected chi connectivity index (χ4v) is 2.33. The second-order valence-electron chi connectivity index (χ2n) is 5.29. The Morgan fingerprint density at radius 2 is 1.76 bits per heavy atom. The number of ether oxygens (including phenoxy) is 1. The molecule has 0 unspecified atom stereocenters. The lowest BCUT2D eigenvalue weighted by Crippen LogP contribution is -2.09. The van der Waals surface area contributed by atoms with Gasteiger partial charge in [-0.15, -0.1) is 0 Å². The van der Waals surface area contributed by atoms with Gasteiger partial charge in [-0.1, -0.05) is 40.9 Å². The van der Waals surface area contributed by atoms with E-state index in [1.807, 2.05) is 31.2 Å². The molecule has 0 atom stereocenters. The van der Waals surface area contributed by atoms with Crippen molar-refractivity contribution in [3.05, 3.63) is 63.9 Å². The summed E-state index contributed by atoms with van der Waals surface area (Å²) >= 11 is 11.8. The minimum atomic E-state index is 0.109. The van der Waals surface area contributed by atoms with Crippen molar-refractivity contribution in [1.82, 2.24) is 15.0 Å². The highest BCUT2D eigenvalue weighted by molar-refractivity contribution is 6.42. The Kier molecular flexibility index (Phi) is 5.21. The number of aromatic nitrogens is 3. The molecule has 25 heavy (non-hydrogen) atoms. The first kappa shape index (κ1) is 17.3. The summed E-state index contributed by atoms with van der Waals surface area (Å²) in [4.78, 5) is 12.5. The highest BCUT2D eigenvalue weighted by Crippen LogP contribution is 2.26. The summed E-state index contributed by atoms with van der Waals surface area (Å²) in [5.74, 6) is 1.41. The normalized spacial score (nSPS) is 10.5. The Morgan fingerprint density at radius 3 is 2.48 bits per heavy atom. The molecule has 0 fully saturated rings. The number of halogens is 2. The Morgan fingerprint density at radius 1 is 1.00 bits per heavy atom. The maximum atomic E-state index is 5.96. The van der Waals surface area contributed by atoms with E-state index in [-0.39, 0.29) is 12.6 Å². The van der Waals surface area contributed by atoms with Gasteiger partial charge in [0.1, 0.15) is 12.4 Å². The van der Waals surface area contributed by atoms with E-state index >= 15 is 0 Å². The van der Waals surface area contributed by atoms with Gasteiger partial charge in [-0.05, 0) is 31.2 Å². The van der Waals surface area contributed by atoms with Crippen LogP contribution in [0.15, 0.2) is 42.5 Å². The van der Waals surface area contributed by atoms with E-state index < -0.39 is 0 Å². The summed E-state index contributed by atoms with van der Waals surface area (Å²) in [5, 5.41) is 3.96. The van der Waals surface area contributed by atoms with Crippen molar-refractivity contribution in [2.45, 2.75) is 13.5 Å². The number of anilines is 3. The first-order chi connectivity index (χ1) is 12.0. The Hall–Kier alpha value is -2.57. The molecule has 0 saturated carbocycles. The van der Waals surface area contributed by atoms with Crippen LogP contribution in [0, 0.1) is 6.92 Å². The maximum Gasteiger partial charge on any atom is 0.232 e. The van der Waals surface area contributed by atoms with Crippen LogP contribution in [-0.4, -0.2) is 15.0 Å². The summed E-state index contributed by atoms with van der Waals surface area (Å²) in [6.45, 7) is 2.14. The molecule has 0 aliphatic rings. The van der Waals surface area contributed by atoms with Crippen LogP contribution < -0.4 is 15.8 Å². The van der Waals surface area contributed by atoms with Crippen molar-refractivity contribution >= 4 is 40.8 Å². The third-order valence-electron chi connectivity index (χ3n) is 3.27. The van der Waals surface area contributed by atoms with Crippen LogP contribution in [0.2, 0.25) is 10.0 Å². The molecule has 0 saturated heterocycles. The maximum absolute atomic E-state index is 5.96. The summed E-state index contributed by atoms with van der Waals surface area (Å²) in [5.41, 5.74) is 7.77. The zero-order chi connectivity index (χ0) is 17.8. The first-order valence-electron chi connectivity index (χ1n) is 7.41. The highest BCUT2D eigenvalue weighted by atomic mass is 35.5. The van der Waals surface area contributed by atoms with Gasteiger partial charge in [-0.2, -0.15) is 15.0 Å². The van der Waals surface area contributed by atoms with Crippen LogP contribution in [0.1, 0.15) is 11.4 Å². The van der Waals surface area contributed by atoms with Crippen molar-refractivity contribution in [3.63, 3.8) is 0 Å². The molecule has 2 aromatic carbocycles.